The summed E-state index contributed by atoms with van der Waals surface area (Å²) in [6.07, 6.45) is 0.920. The first-order valence-corrected chi connectivity index (χ1v) is 6.67. The minimum atomic E-state index is -1.13. The van der Waals surface area contributed by atoms with E-state index in [1.54, 1.807) is 12.1 Å². The van der Waals surface area contributed by atoms with E-state index < -0.39 is 10.8 Å². The molecule has 0 amide bonds. The molecule has 16 heavy (non-hydrogen) atoms. The van der Waals surface area contributed by atoms with Crippen molar-refractivity contribution in [2.45, 2.75) is 31.3 Å². The lowest BCUT2D eigenvalue weighted by molar-refractivity contribution is 0.0798. The van der Waals surface area contributed by atoms with Gasteiger partial charge in [-0.05, 0) is 38.5 Å². The number of rotatable bonds is 6. The quantitative estimate of drug-likeness (QED) is 0.719. The zero-order valence-electron chi connectivity index (χ0n) is 9.61. The van der Waals surface area contributed by atoms with Crippen LogP contribution in [0.5, 0.6) is 0 Å². The first-order valence-electron chi connectivity index (χ1n) is 5.35. The smallest absolute Gasteiger partial charge is 0.124 e. The highest BCUT2D eigenvalue weighted by Gasteiger charge is 2.04. The van der Waals surface area contributed by atoms with Gasteiger partial charge in [-0.15, -0.1) is 0 Å². The van der Waals surface area contributed by atoms with E-state index in [1.165, 1.54) is 12.1 Å². The van der Waals surface area contributed by atoms with Crippen molar-refractivity contribution in [2.75, 3.05) is 12.4 Å². The van der Waals surface area contributed by atoms with Crippen LogP contribution in [0.3, 0.4) is 0 Å². The van der Waals surface area contributed by atoms with E-state index in [2.05, 4.69) is 0 Å². The highest BCUT2D eigenvalue weighted by molar-refractivity contribution is 7.85. The molecule has 2 nitrogen and oxygen atoms in total. The van der Waals surface area contributed by atoms with Gasteiger partial charge in [-0.25, -0.2) is 4.39 Å². The van der Waals surface area contributed by atoms with Crippen molar-refractivity contribution in [3.05, 3.63) is 30.1 Å². The molecule has 0 heterocycles. The summed E-state index contributed by atoms with van der Waals surface area (Å²) in [6, 6.07) is 5.93. The summed E-state index contributed by atoms with van der Waals surface area (Å²) in [5.74, 6) is 0.167. The van der Waals surface area contributed by atoms with Crippen LogP contribution in [0.25, 0.3) is 0 Å². The minimum absolute atomic E-state index is 0.197. The molecule has 1 aromatic carbocycles. The summed E-state index contributed by atoms with van der Waals surface area (Å²) in [5.41, 5.74) is 0. The highest BCUT2D eigenvalue weighted by Crippen LogP contribution is 2.09. The van der Waals surface area contributed by atoms with Crippen molar-refractivity contribution >= 4 is 10.8 Å². The van der Waals surface area contributed by atoms with Crippen molar-refractivity contribution in [1.82, 2.24) is 0 Å². The maximum Gasteiger partial charge on any atom is 0.124 e. The molecule has 0 unspecified atom stereocenters. The van der Waals surface area contributed by atoms with Gasteiger partial charge < -0.3 is 4.74 Å². The van der Waals surface area contributed by atoms with Crippen molar-refractivity contribution in [1.29, 1.82) is 0 Å². The fraction of sp³-hybridized carbons (Fsp3) is 0.500. The second-order valence-corrected chi connectivity index (χ2v) is 5.35. The van der Waals surface area contributed by atoms with Gasteiger partial charge in [-0.2, -0.15) is 0 Å². The van der Waals surface area contributed by atoms with Crippen LogP contribution < -0.4 is 0 Å². The number of ether oxygens (including phenoxy) is 1. The van der Waals surface area contributed by atoms with E-state index in [9.17, 15) is 8.60 Å². The number of hydrogen-bond donors (Lipinski definition) is 0. The molecule has 0 saturated carbocycles. The van der Waals surface area contributed by atoms with Crippen molar-refractivity contribution < 1.29 is 13.3 Å². The lowest BCUT2D eigenvalue weighted by Crippen LogP contribution is -2.07. The Labute approximate surface area is 98.3 Å². The van der Waals surface area contributed by atoms with E-state index >= 15 is 0 Å². The Kier molecular flexibility index (Phi) is 5.63. The second-order valence-electron chi connectivity index (χ2n) is 3.78. The van der Waals surface area contributed by atoms with Crippen molar-refractivity contribution in [3.8, 4) is 0 Å². The van der Waals surface area contributed by atoms with Gasteiger partial charge in [0, 0.05) is 17.3 Å². The molecule has 0 aromatic heterocycles. The van der Waals surface area contributed by atoms with Gasteiger partial charge >= 0.3 is 0 Å². The molecule has 4 heteroatoms. The summed E-state index contributed by atoms with van der Waals surface area (Å²) >= 11 is 0. The lowest BCUT2D eigenvalue weighted by Gasteiger charge is -2.07. The standard InChI is InChI=1S/C12H17FO2S/c1-10(2)15-7-4-8-16(14)12-6-3-5-11(13)9-12/h3,5-6,9-10H,4,7-8H2,1-2H3/t16-/m0/s1. The van der Waals surface area contributed by atoms with E-state index in [4.69, 9.17) is 4.74 Å². The molecule has 0 aliphatic carbocycles. The van der Waals surface area contributed by atoms with Gasteiger partial charge in [-0.3, -0.25) is 4.21 Å². The lowest BCUT2D eigenvalue weighted by atomic mass is 10.4. The van der Waals surface area contributed by atoms with Crippen LogP contribution in [-0.4, -0.2) is 22.7 Å². The molecule has 0 aliphatic heterocycles. The molecule has 90 valence electrons. The Balaban J connectivity index is 2.35. The minimum Gasteiger partial charge on any atom is -0.379 e. The molecule has 0 spiro atoms. The van der Waals surface area contributed by atoms with Gasteiger partial charge in [0.05, 0.1) is 16.9 Å². The van der Waals surface area contributed by atoms with Crippen LogP contribution in [0.1, 0.15) is 20.3 Å². The molecule has 0 saturated heterocycles. The third kappa shape index (κ3) is 4.86. The Morgan fingerprint density at radius 2 is 2.19 bits per heavy atom. The maximum absolute atomic E-state index is 12.9. The van der Waals surface area contributed by atoms with Gasteiger partial charge in [0.2, 0.25) is 0 Å². The maximum atomic E-state index is 12.9. The molecule has 0 fully saturated rings. The highest BCUT2D eigenvalue weighted by atomic mass is 32.2. The van der Waals surface area contributed by atoms with Gasteiger partial charge in [0.15, 0.2) is 0 Å². The number of benzene rings is 1. The van der Waals surface area contributed by atoms with Crippen LogP contribution in [0.4, 0.5) is 4.39 Å². The first kappa shape index (κ1) is 13.3. The topological polar surface area (TPSA) is 26.3 Å². The van der Waals surface area contributed by atoms with E-state index in [1.807, 2.05) is 13.8 Å². The summed E-state index contributed by atoms with van der Waals surface area (Å²) in [7, 11) is -1.13. The molecule has 0 bridgehead atoms. The van der Waals surface area contributed by atoms with E-state index in [0.717, 1.165) is 6.42 Å². The Hall–Kier alpha value is -0.740. The van der Waals surface area contributed by atoms with Gasteiger partial charge in [0.25, 0.3) is 0 Å². The Morgan fingerprint density at radius 1 is 1.44 bits per heavy atom. The Bertz CT molecular complexity index is 353. The molecule has 0 aliphatic rings. The third-order valence-electron chi connectivity index (χ3n) is 1.98. The number of hydrogen-bond acceptors (Lipinski definition) is 2. The largest absolute Gasteiger partial charge is 0.379 e. The summed E-state index contributed by atoms with van der Waals surface area (Å²) in [6.45, 7) is 4.52. The van der Waals surface area contributed by atoms with Crippen molar-refractivity contribution in [3.63, 3.8) is 0 Å². The molecular formula is C12H17FO2S. The molecule has 0 radical (unpaired) electrons. The fourth-order valence-electron chi connectivity index (χ4n) is 1.24. The summed E-state index contributed by atoms with van der Waals surface area (Å²) in [5, 5.41) is 0. The molecular weight excluding hydrogens is 227 g/mol. The van der Waals surface area contributed by atoms with Crippen LogP contribution in [0, 0.1) is 5.82 Å². The normalized spacial score (nSPS) is 13.0. The van der Waals surface area contributed by atoms with Crippen LogP contribution in [0.15, 0.2) is 29.2 Å². The monoisotopic (exact) mass is 244 g/mol. The predicted molar refractivity (Wildman–Crippen MR) is 63.4 cm³/mol. The summed E-state index contributed by atoms with van der Waals surface area (Å²) < 4.78 is 29.9. The zero-order chi connectivity index (χ0) is 12.0. The fourth-order valence-corrected chi connectivity index (χ4v) is 2.33. The van der Waals surface area contributed by atoms with E-state index in [-0.39, 0.29) is 11.9 Å². The van der Waals surface area contributed by atoms with Crippen LogP contribution in [0.2, 0.25) is 0 Å². The average molecular weight is 244 g/mol. The van der Waals surface area contributed by atoms with Crippen LogP contribution >= 0.6 is 0 Å². The molecule has 1 rings (SSSR count). The average Bonchev–Trinajstić information content (AvgIpc) is 2.24. The second kappa shape index (κ2) is 6.76. The SMILES string of the molecule is CC(C)OCCC[S@](=O)c1cccc(F)c1. The zero-order valence-corrected chi connectivity index (χ0v) is 10.4. The summed E-state index contributed by atoms with van der Waals surface area (Å²) in [4.78, 5) is 0.546. The van der Waals surface area contributed by atoms with Crippen molar-refractivity contribution in [2.24, 2.45) is 0 Å². The van der Waals surface area contributed by atoms with Gasteiger partial charge in [0.1, 0.15) is 5.82 Å². The molecule has 1 atom stereocenters. The number of halogens is 1. The van der Waals surface area contributed by atoms with Crippen LogP contribution in [-0.2, 0) is 15.5 Å². The molecule has 0 N–H and O–H groups in total. The van der Waals surface area contributed by atoms with E-state index in [0.29, 0.717) is 17.3 Å². The first-order chi connectivity index (χ1) is 7.59. The predicted octanol–water partition coefficient (Wildman–Crippen LogP) is 2.75. The third-order valence-corrected chi connectivity index (χ3v) is 3.42. The molecule has 1 aromatic rings. The van der Waals surface area contributed by atoms with Gasteiger partial charge in [-0.1, -0.05) is 6.07 Å². The Morgan fingerprint density at radius 3 is 2.81 bits per heavy atom.